The van der Waals surface area contributed by atoms with Crippen molar-refractivity contribution in [3.05, 3.63) is 71.8 Å². The van der Waals surface area contributed by atoms with E-state index in [0.29, 0.717) is 11.7 Å². The molecule has 3 nitrogen and oxygen atoms in total. The van der Waals surface area contributed by atoms with Crippen molar-refractivity contribution in [2.24, 2.45) is 11.7 Å². The van der Waals surface area contributed by atoms with Gasteiger partial charge in [0, 0.05) is 5.75 Å². The minimum Gasteiger partial charge on any atom is -0.480 e. The van der Waals surface area contributed by atoms with Crippen molar-refractivity contribution in [3.63, 3.8) is 0 Å². The zero-order valence-corrected chi connectivity index (χ0v) is 15.8. The van der Waals surface area contributed by atoms with Crippen LogP contribution in [0, 0.1) is 5.92 Å². The summed E-state index contributed by atoms with van der Waals surface area (Å²) in [6.07, 6.45) is 6.09. The van der Waals surface area contributed by atoms with Crippen molar-refractivity contribution in [1.82, 2.24) is 0 Å². The Kier molecular flexibility index (Phi) is 6.38. The fraction of sp³-hybridized carbons (Fsp3) is 0.409. The second-order valence-electron chi connectivity index (χ2n) is 7.06. The van der Waals surface area contributed by atoms with Gasteiger partial charge in [-0.25, -0.2) is 0 Å². The number of rotatable bonds is 7. The average Bonchev–Trinajstić information content (AvgIpc) is 2.70. The molecule has 3 N–H and O–H groups in total. The molecule has 0 amide bonds. The lowest BCUT2D eigenvalue weighted by Crippen LogP contribution is -2.39. The van der Waals surface area contributed by atoms with Crippen molar-refractivity contribution < 1.29 is 9.90 Å². The summed E-state index contributed by atoms with van der Waals surface area (Å²) in [4.78, 5) is 11.3. The number of carbonyl (C=O) groups is 1. The van der Waals surface area contributed by atoms with E-state index in [0.717, 1.165) is 0 Å². The normalized spacial score (nSPS) is 17.0. The van der Waals surface area contributed by atoms with Gasteiger partial charge in [-0.05, 0) is 29.9 Å². The van der Waals surface area contributed by atoms with Gasteiger partial charge in [0.05, 0.1) is 4.75 Å². The third-order valence-corrected chi connectivity index (χ3v) is 7.18. The first-order valence-corrected chi connectivity index (χ1v) is 10.4. The molecule has 0 saturated heterocycles. The van der Waals surface area contributed by atoms with Crippen molar-refractivity contribution in [2.45, 2.75) is 42.9 Å². The second-order valence-corrected chi connectivity index (χ2v) is 8.32. The quantitative estimate of drug-likeness (QED) is 0.745. The van der Waals surface area contributed by atoms with Crippen molar-refractivity contribution >= 4 is 17.7 Å². The summed E-state index contributed by atoms with van der Waals surface area (Å²) in [5.74, 6) is -0.0569. The molecule has 2 aromatic carbocycles. The molecular weight excluding hydrogens is 342 g/mol. The summed E-state index contributed by atoms with van der Waals surface area (Å²) < 4.78 is -0.254. The Labute approximate surface area is 160 Å². The Morgan fingerprint density at radius 1 is 1.00 bits per heavy atom. The molecule has 4 heteroatoms. The first kappa shape index (κ1) is 19.0. The van der Waals surface area contributed by atoms with E-state index < -0.39 is 12.0 Å². The highest BCUT2D eigenvalue weighted by Crippen LogP contribution is 2.53. The number of carboxylic acids is 1. The number of hydrogen-bond donors (Lipinski definition) is 2. The first-order chi connectivity index (χ1) is 12.6. The van der Waals surface area contributed by atoms with Crippen LogP contribution in [0.25, 0.3) is 0 Å². The molecule has 0 heterocycles. The Morgan fingerprint density at radius 2 is 1.50 bits per heavy atom. The fourth-order valence-corrected chi connectivity index (χ4v) is 5.76. The minimum atomic E-state index is -0.934. The summed E-state index contributed by atoms with van der Waals surface area (Å²) in [6, 6.07) is 20.3. The molecular formula is C22H27NO2S. The third kappa shape index (κ3) is 3.97. The molecule has 2 aromatic rings. The third-order valence-electron chi connectivity index (χ3n) is 5.39. The van der Waals surface area contributed by atoms with Gasteiger partial charge in [-0.15, -0.1) is 11.8 Å². The summed E-state index contributed by atoms with van der Waals surface area (Å²) in [7, 11) is 0. The van der Waals surface area contributed by atoms with Gasteiger partial charge >= 0.3 is 5.97 Å². The van der Waals surface area contributed by atoms with Gasteiger partial charge in [0.2, 0.25) is 0 Å². The maximum Gasteiger partial charge on any atom is 0.321 e. The molecule has 1 atom stereocenters. The van der Waals surface area contributed by atoms with Crippen LogP contribution in [0.2, 0.25) is 0 Å². The topological polar surface area (TPSA) is 63.3 Å². The number of thioether (sulfide) groups is 1. The lowest BCUT2D eigenvalue weighted by molar-refractivity contribution is -0.137. The van der Waals surface area contributed by atoms with E-state index >= 15 is 0 Å². The zero-order valence-electron chi connectivity index (χ0n) is 15.0. The van der Waals surface area contributed by atoms with Gasteiger partial charge in [0.25, 0.3) is 0 Å². The largest absolute Gasteiger partial charge is 0.480 e. The van der Waals surface area contributed by atoms with Gasteiger partial charge in [-0.1, -0.05) is 79.9 Å². The van der Waals surface area contributed by atoms with E-state index in [2.05, 4.69) is 48.5 Å². The maximum absolute atomic E-state index is 11.3. The van der Waals surface area contributed by atoms with Crippen LogP contribution >= 0.6 is 11.8 Å². The molecule has 3 rings (SSSR count). The first-order valence-electron chi connectivity index (χ1n) is 9.38. The predicted molar refractivity (Wildman–Crippen MR) is 108 cm³/mol. The molecule has 138 valence electrons. The van der Waals surface area contributed by atoms with E-state index in [-0.39, 0.29) is 4.75 Å². The Morgan fingerprint density at radius 3 is 1.96 bits per heavy atom. The van der Waals surface area contributed by atoms with Crippen LogP contribution in [-0.2, 0) is 9.54 Å². The highest BCUT2D eigenvalue weighted by molar-refractivity contribution is 8.00. The molecule has 1 saturated carbocycles. The van der Waals surface area contributed by atoms with E-state index in [9.17, 15) is 9.90 Å². The molecule has 1 aliphatic rings. The van der Waals surface area contributed by atoms with Crippen LogP contribution < -0.4 is 5.73 Å². The van der Waals surface area contributed by atoms with Crippen LogP contribution in [0.15, 0.2) is 60.7 Å². The van der Waals surface area contributed by atoms with Crippen LogP contribution in [0.3, 0.4) is 0 Å². The molecule has 0 spiro atoms. The molecule has 1 aliphatic carbocycles. The Balaban J connectivity index is 2.08. The summed E-state index contributed by atoms with van der Waals surface area (Å²) in [5, 5.41) is 9.29. The van der Waals surface area contributed by atoms with Gasteiger partial charge in [0.1, 0.15) is 6.04 Å². The van der Waals surface area contributed by atoms with Gasteiger partial charge < -0.3 is 10.8 Å². The zero-order chi connectivity index (χ0) is 18.4. The smallest absolute Gasteiger partial charge is 0.321 e. The Hall–Kier alpha value is -1.78. The van der Waals surface area contributed by atoms with Crippen molar-refractivity contribution in [1.29, 1.82) is 0 Å². The van der Waals surface area contributed by atoms with Gasteiger partial charge in [0.15, 0.2) is 0 Å². The van der Waals surface area contributed by atoms with Crippen LogP contribution in [0.1, 0.15) is 43.2 Å². The lowest BCUT2D eigenvalue weighted by Gasteiger charge is -2.44. The molecule has 0 aliphatic heterocycles. The average molecular weight is 370 g/mol. The molecule has 1 fully saturated rings. The lowest BCUT2D eigenvalue weighted by atomic mass is 9.72. The molecule has 0 unspecified atom stereocenters. The monoisotopic (exact) mass is 369 g/mol. The maximum atomic E-state index is 11.3. The predicted octanol–water partition coefficient (Wildman–Crippen LogP) is 4.66. The fourth-order valence-electron chi connectivity index (χ4n) is 4.10. The number of carboxylic acid groups (broad SMARTS) is 1. The van der Waals surface area contributed by atoms with E-state index in [4.69, 9.17) is 5.73 Å². The van der Waals surface area contributed by atoms with Crippen LogP contribution in [0.5, 0.6) is 0 Å². The summed E-state index contributed by atoms with van der Waals surface area (Å²) >= 11 is 1.71. The van der Waals surface area contributed by atoms with Crippen molar-refractivity contribution in [3.8, 4) is 0 Å². The standard InChI is InChI=1S/C22H27NO2S/c23-20(21(24)25)16-26-22(17-10-4-1-5-11-17,18-12-6-2-7-13-18)19-14-8-3-9-15-19/h1-2,4-7,10-13,19-20H,3,8-9,14-16,23H2,(H,24,25)/t20-/m0/s1. The van der Waals surface area contributed by atoms with E-state index in [1.807, 2.05) is 12.1 Å². The van der Waals surface area contributed by atoms with Gasteiger partial charge in [-0.2, -0.15) is 0 Å². The van der Waals surface area contributed by atoms with Crippen molar-refractivity contribution in [2.75, 3.05) is 5.75 Å². The summed E-state index contributed by atoms with van der Waals surface area (Å²) in [6.45, 7) is 0. The number of aliphatic carboxylic acids is 1. The highest BCUT2D eigenvalue weighted by atomic mass is 32.2. The van der Waals surface area contributed by atoms with E-state index in [1.54, 1.807) is 11.8 Å². The number of benzene rings is 2. The number of nitrogens with two attached hydrogens (primary N) is 1. The molecule has 0 bridgehead atoms. The SMILES string of the molecule is N[C@@H](CSC(c1ccccc1)(c1ccccc1)C1CCCCC1)C(=O)O. The molecule has 0 radical (unpaired) electrons. The van der Waals surface area contributed by atoms with Crippen LogP contribution in [0.4, 0.5) is 0 Å². The second kappa shape index (κ2) is 8.74. The minimum absolute atomic E-state index is 0.254. The van der Waals surface area contributed by atoms with E-state index in [1.165, 1.54) is 43.2 Å². The molecule has 26 heavy (non-hydrogen) atoms. The Bertz CT molecular complexity index is 659. The number of hydrogen-bond acceptors (Lipinski definition) is 3. The van der Waals surface area contributed by atoms with Crippen LogP contribution in [-0.4, -0.2) is 22.9 Å². The summed E-state index contributed by atoms with van der Waals surface area (Å²) in [5.41, 5.74) is 8.39. The molecule has 0 aromatic heterocycles. The highest BCUT2D eigenvalue weighted by Gasteiger charge is 2.43. The van der Waals surface area contributed by atoms with Gasteiger partial charge in [-0.3, -0.25) is 4.79 Å².